The Balaban J connectivity index is 1.96. The SMILES string of the molecule is c1ccc2c(c1)C1=NSC3Cc4cccc-2c4N13. The fraction of sp³-hybridized carbons (Fsp3) is 0.133. The molecule has 0 saturated heterocycles. The highest BCUT2D eigenvalue weighted by atomic mass is 32.2. The van der Waals surface area contributed by atoms with Crippen LogP contribution in [0.1, 0.15) is 11.1 Å². The van der Waals surface area contributed by atoms with Crippen molar-refractivity contribution in [2.45, 2.75) is 11.8 Å². The average molecular weight is 250 g/mol. The van der Waals surface area contributed by atoms with Crippen molar-refractivity contribution in [2.75, 3.05) is 4.90 Å². The summed E-state index contributed by atoms with van der Waals surface area (Å²) in [5, 5.41) is 0.476. The predicted molar refractivity (Wildman–Crippen MR) is 76.0 cm³/mol. The molecule has 2 aromatic carbocycles. The third-order valence-corrected chi connectivity index (χ3v) is 4.89. The maximum atomic E-state index is 4.68. The van der Waals surface area contributed by atoms with E-state index in [2.05, 4.69) is 51.8 Å². The first-order valence-electron chi connectivity index (χ1n) is 6.18. The molecule has 0 fully saturated rings. The molecule has 1 atom stereocenters. The molecular formula is C15H10N2S. The molecule has 0 bridgehead atoms. The lowest BCUT2D eigenvalue weighted by atomic mass is 9.92. The molecule has 0 aromatic heterocycles. The fourth-order valence-corrected chi connectivity index (χ4v) is 4.22. The maximum Gasteiger partial charge on any atom is 0.150 e. The molecule has 0 aliphatic carbocycles. The summed E-state index contributed by atoms with van der Waals surface area (Å²) in [6, 6.07) is 15.3. The van der Waals surface area contributed by atoms with Crippen LogP contribution >= 0.6 is 11.9 Å². The number of benzene rings is 2. The molecule has 0 spiro atoms. The van der Waals surface area contributed by atoms with Gasteiger partial charge in [-0.1, -0.05) is 42.5 Å². The van der Waals surface area contributed by atoms with E-state index in [1.165, 1.54) is 27.9 Å². The van der Waals surface area contributed by atoms with Gasteiger partial charge < -0.3 is 4.90 Å². The predicted octanol–water partition coefficient (Wildman–Crippen LogP) is 3.46. The van der Waals surface area contributed by atoms with Gasteiger partial charge in [-0.05, 0) is 11.1 Å². The molecule has 86 valence electrons. The van der Waals surface area contributed by atoms with E-state index in [0.717, 1.165) is 12.3 Å². The Morgan fingerprint density at radius 3 is 2.78 bits per heavy atom. The topological polar surface area (TPSA) is 15.6 Å². The highest BCUT2D eigenvalue weighted by molar-refractivity contribution is 7.99. The second kappa shape index (κ2) is 2.98. The number of para-hydroxylation sites is 1. The van der Waals surface area contributed by atoms with E-state index < -0.39 is 0 Å². The molecular weight excluding hydrogens is 240 g/mol. The Bertz CT molecular complexity index is 720. The van der Waals surface area contributed by atoms with E-state index in [1.807, 2.05) is 0 Å². The number of hydrogen-bond acceptors (Lipinski definition) is 3. The van der Waals surface area contributed by atoms with Crippen molar-refractivity contribution >= 4 is 23.5 Å². The van der Waals surface area contributed by atoms with Crippen LogP contribution in [0.2, 0.25) is 0 Å². The molecule has 1 unspecified atom stereocenters. The van der Waals surface area contributed by atoms with Crippen LogP contribution in [0, 0.1) is 0 Å². The second-order valence-electron chi connectivity index (χ2n) is 4.91. The zero-order valence-electron chi connectivity index (χ0n) is 9.63. The first kappa shape index (κ1) is 9.22. The van der Waals surface area contributed by atoms with Gasteiger partial charge in [0.25, 0.3) is 0 Å². The summed E-state index contributed by atoms with van der Waals surface area (Å²) in [5.74, 6) is 1.15. The van der Waals surface area contributed by atoms with Gasteiger partial charge in [0.2, 0.25) is 0 Å². The highest BCUT2D eigenvalue weighted by Gasteiger charge is 2.42. The number of anilines is 1. The number of rotatable bonds is 0. The molecule has 3 aliphatic heterocycles. The molecule has 0 saturated carbocycles. The van der Waals surface area contributed by atoms with Crippen molar-refractivity contribution in [1.29, 1.82) is 0 Å². The minimum atomic E-state index is 0.476. The zero-order chi connectivity index (χ0) is 11.7. The molecule has 3 aliphatic rings. The van der Waals surface area contributed by atoms with E-state index in [-0.39, 0.29) is 0 Å². The minimum Gasteiger partial charge on any atom is -0.310 e. The van der Waals surface area contributed by atoms with Crippen LogP contribution in [0.4, 0.5) is 5.69 Å². The summed E-state index contributed by atoms with van der Waals surface area (Å²) in [7, 11) is 0. The molecule has 2 aromatic rings. The Morgan fingerprint density at radius 2 is 1.83 bits per heavy atom. The Morgan fingerprint density at radius 1 is 1.00 bits per heavy atom. The van der Waals surface area contributed by atoms with Crippen molar-refractivity contribution in [3.8, 4) is 11.1 Å². The fourth-order valence-electron chi connectivity index (χ4n) is 3.25. The molecule has 0 radical (unpaired) electrons. The van der Waals surface area contributed by atoms with Gasteiger partial charge in [-0.2, -0.15) is 4.40 Å². The number of hydrogen-bond donors (Lipinski definition) is 0. The summed E-state index contributed by atoms with van der Waals surface area (Å²) < 4.78 is 4.68. The maximum absolute atomic E-state index is 4.68. The largest absolute Gasteiger partial charge is 0.310 e. The van der Waals surface area contributed by atoms with Crippen LogP contribution in [0.3, 0.4) is 0 Å². The van der Waals surface area contributed by atoms with Gasteiger partial charge in [-0.25, -0.2) is 0 Å². The monoisotopic (exact) mass is 250 g/mol. The summed E-state index contributed by atoms with van der Waals surface area (Å²) in [6.45, 7) is 0. The van der Waals surface area contributed by atoms with Crippen molar-refractivity contribution in [1.82, 2.24) is 0 Å². The van der Waals surface area contributed by atoms with Crippen LogP contribution in [-0.4, -0.2) is 11.2 Å². The van der Waals surface area contributed by atoms with E-state index in [9.17, 15) is 0 Å². The normalized spacial score (nSPS) is 21.7. The number of fused-ring (bicyclic) bond motifs is 3. The third-order valence-electron chi connectivity index (χ3n) is 3.99. The van der Waals surface area contributed by atoms with E-state index in [1.54, 1.807) is 11.9 Å². The summed E-state index contributed by atoms with van der Waals surface area (Å²) in [6.07, 6.45) is 1.11. The Hall–Kier alpha value is -1.74. The van der Waals surface area contributed by atoms with Crippen molar-refractivity contribution < 1.29 is 0 Å². The van der Waals surface area contributed by atoms with Crippen molar-refractivity contribution in [3.63, 3.8) is 0 Å². The third kappa shape index (κ3) is 0.918. The molecule has 5 rings (SSSR count). The summed E-state index contributed by atoms with van der Waals surface area (Å²) in [5.41, 5.74) is 6.83. The van der Waals surface area contributed by atoms with Crippen LogP contribution in [-0.2, 0) is 6.42 Å². The Labute approximate surface area is 109 Å². The van der Waals surface area contributed by atoms with Crippen molar-refractivity contribution in [2.24, 2.45) is 4.40 Å². The Kier molecular flexibility index (Phi) is 1.53. The first-order valence-corrected chi connectivity index (χ1v) is 7.02. The molecule has 0 amide bonds. The van der Waals surface area contributed by atoms with Gasteiger partial charge in [0.05, 0.1) is 5.69 Å². The van der Waals surface area contributed by atoms with Crippen molar-refractivity contribution in [3.05, 3.63) is 53.6 Å². The van der Waals surface area contributed by atoms with Crippen LogP contribution in [0.5, 0.6) is 0 Å². The van der Waals surface area contributed by atoms with Gasteiger partial charge in [-0.3, -0.25) is 0 Å². The molecule has 3 heterocycles. The van der Waals surface area contributed by atoms with E-state index in [4.69, 9.17) is 0 Å². The average Bonchev–Trinajstić information content (AvgIpc) is 2.97. The van der Waals surface area contributed by atoms with Crippen LogP contribution in [0.25, 0.3) is 11.1 Å². The van der Waals surface area contributed by atoms with Gasteiger partial charge in [0.15, 0.2) is 0 Å². The first-order chi connectivity index (χ1) is 8.93. The highest BCUT2D eigenvalue weighted by Crippen LogP contribution is 2.51. The lowest BCUT2D eigenvalue weighted by molar-refractivity contribution is 0.963. The molecule has 18 heavy (non-hydrogen) atoms. The number of nitrogens with zero attached hydrogens (tertiary/aromatic N) is 2. The van der Waals surface area contributed by atoms with Crippen LogP contribution < -0.4 is 4.90 Å². The van der Waals surface area contributed by atoms with E-state index in [0.29, 0.717) is 5.37 Å². The quantitative estimate of drug-likeness (QED) is 0.665. The second-order valence-corrected chi connectivity index (χ2v) is 5.85. The van der Waals surface area contributed by atoms with Crippen LogP contribution in [0.15, 0.2) is 46.9 Å². The lowest BCUT2D eigenvalue weighted by Gasteiger charge is -2.29. The molecule has 0 N–H and O–H groups in total. The minimum absolute atomic E-state index is 0.476. The van der Waals surface area contributed by atoms with Gasteiger partial charge in [-0.15, -0.1) is 0 Å². The van der Waals surface area contributed by atoms with Gasteiger partial charge in [0.1, 0.15) is 11.2 Å². The lowest BCUT2D eigenvalue weighted by Crippen LogP contribution is -2.34. The molecule has 3 heteroatoms. The standard InChI is InChI=1S/C15H10N2S/c1-2-6-12-10(5-1)11-7-3-4-9-8-13-17(14(9)11)15(12)16-18-13/h1-7,13H,8H2. The van der Waals surface area contributed by atoms with Gasteiger partial charge >= 0.3 is 0 Å². The van der Waals surface area contributed by atoms with Gasteiger partial charge in [0, 0.05) is 29.5 Å². The van der Waals surface area contributed by atoms with E-state index >= 15 is 0 Å². The smallest absolute Gasteiger partial charge is 0.150 e. The summed E-state index contributed by atoms with van der Waals surface area (Å²) >= 11 is 1.71. The number of amidine groups is 1. The summed E-state index contributed by atoms with van der Waals surface area (Å²) in [4.78, 5) is 2.43. The zero-order valence-corrected chi connectivity index (χ0v) is 10.4. The molecule has 2 nitrogen and oxygen atoms in total.